The van der Waals surface area contributed by atoms with Crippen LogP contribution in [0.2, 0.25) is 0 Å². The van der Waals surface area contributed by atoms with Gasteiger partial charge in [-0.25, -0.2) is 4.67 Å². The summed E-state index contributed by atoms with van der Waals surface area (Å²) >= 11 is 0. The smallest absolute Gasteiger partial charge is 0.385 e. The van der Waals surface area contributed by atoms with Crippen LogP contribution in [-0.4, -0.2) is 4.67 Å². The minimum atomic E-state index is -1.46. The van der Waals surface area contributed by atoms with Crippen molar-refractivity contribution < 1.29 is 9.05 Å². The standard InChI is InChI=1S/C33H32NO2P/c1-23(25-11-5-3-6-12-25)34(24(2)26-13-7-4-8-14-26)37-35-29-17-9-15-27-19-21-33(31(27)29)22-20-28-16-10-18-30(36-37)32(28)33/h3-18,23-24H,19-22H2,1-2H3. The Bertz CT molecular complexity index is 1330. The molecule has 4 aromatic rings. The Morgan fingerprint density at radius 1 is 0.622 bits per heavy atom. The van der Waals surface area contributed by atoms with Gasteiger partial charge in [-0.15, -0.1) is 0 Å². The van der Waals surface area contributed by atoms with E-state index in [1.54, 1.807) is 0 Å². The second-order valence-corrected chi connectivity index (χ2v) is 11.9. The van der Waals surface area contributed by atoms with Gasteiger partial charge in [0.05, 0.1) is 0 Å². The van der Waals surface area contributed by atoms with Crippen LogP contribution in [0.25, 0.3) is 0 Å². The number of benzene rings is 4. The van der Waals surface area contributed by atoms with Gasteiger partial charge in [-0.05, 0) is 73.9 Å². The molecule has 0 amide bonds. The van der Waals surface area contributed by atoms with E-state index in [9.17, 15) is 0 Å². The van der Waals surface area contributed by atoms with Crippen molar-refractivity contribution in [2.75, 3.05) is 0 Å². The molecule has 7 rings (SSSR count). The van der Waals surface area contributed by atoms with Crippen LogP contribution in [-0.2, 0) is 18.3 Å². The SMILES string of the molecule is CC(c1ccccc1)N(C(C)c1ccccc1)P1Oc2cccc3c2C2(CC3)CCc3cccc(c32)O1. The minimum absolute atomic E-state index is 0.0141. The number of hydrogen-bond donors (Lipinski definition) is 0. The van der Waals surface area contributed by atoms with E-state index in [1.807, 2.05) is 0 Å². The van der Waals surface area contributed by atoms with E-state index >= 15 is 0 Å². The van der Waals surface area contributed by atoms with E-state index in [4.69, 9.17) is 9.05 Å². The molecule has 0 saturated heterocycles. The highest BCUT2D eigenvalue weighted by molar-refractivity contribution is 7.45. The number of aryl methyl sites for hydroxylation is 2. The van der Waals surface area contributed by atoms with Crippen molar-refractivity contribution in [1.82, 2.24) is 4.67 Å². The molecule has 2 aliphatic carbocycles. The highest BCUT2D eigenvalue weighted by Gasteiger charge is 2.51. The number of nitrogens with zero attached hydrogens (tertiary/aromatic N) is 1. The first kappa shape index (κ1) is 23.0. The Morgan fingerprint density at radius 3 is 1.54 bits per heavy atom. The zero-order valence-electron chi connectivity index (χ0n) is 21.4. The molecule has 186 valence electrons. The normalized spacial score (nSPS) is 18.7. The van der Waals surface area contributed by atoms with Crippen LogP contribution < -0.4 is 9.05 Å². The molecule has 1 aliphatic heterocycles. The third-order valence-corrected chi connectivity index (χ3v) is 10.5. The van der Waals surface area contributed by atoms with Gasteiger partial charge in [0.25, 0.3) is 0 Å². The zero-order chi connectivity index (χ0) is 25.0. The lowest BCUT2D eigenvalue weighted by Crippen LogP contribution is -2.31. The van der Waals surface area contributed by atoms with Gasteiger partial charge in [-0.3, -0.25) is 0 Å². The lowest BCUT2D eigenvalue weighted by atomic mass is 9.76. The van der Waals surface area contributed by atoms with Gasteiger partial charge in [0.15, 0.2) is 0 Å². The molecule has 1 spiro atoms. The molecule has 2 atom stereocenters. The third-order valence-electron chi connectivity index (χ3n) is 8.72. The Balaban J connectivity index is 1.40. The number of hydrogen-bond acceptors (Lipinski definition) is 3. The topological polar surface area (TPSA) is 21.7 Å². The minimum Gasteiger partial charge on any atom is -0.427 e. The summed E-state index contributed by atoms with van der Waals surface area (Å²) in [6.07, 6.45) is 4.47. The van der Waals surface area contributed by atoms with Gasteiger partial charge in [0.1, 0.15) is 11.5 Å². The summed E-state index contributed by atoms with van der Waals surface area (Å²) in [4.78, 5) is 0. The summed E-state index contributed by atoms with van der Waals surface area (Å²) in [5.74, 6) is 2.02. The van der Waals surface area contributed by atoms with Crippen LogP contribution in [0.4, 0.5) is 0 Å². The lowest BCUT2D eigenvalue weighted by molar-refractivity contribution is 0.244. The van der Waals surface area contributed by atoms with Gasteiger partial charge in [-0.1, -0.05) is 84.9 Å². The molecule has 4 aromatic carbocycles. The molecule has 2 unspecified atom stereocenters. The van der Waals surface area contributed by atoms with E-state index in [0.717, 1.165) is 37.2 Å². The number of rotatable bonds is 5. The summed E-state index contributed by atoms with van der Waals surface area (Å²) in [6, 6.07) is 34.9. The fourth-order valence-electron chi connectivity index (χ4n) is 6.92. The average molecular weight is 506 g/mol. The van der Waals surface area contributed by atoms with Crippen LogP contribution in [0.5, 0.6) is 11.5 Å². The molecule has 3 aliphatic rings. The van der Waals surface area contributed by atoms with Crippen molar-refractivity contribution in [2.24, 2.45) is 0 Å². The highest BCUT2D eigenvalue weighted by Crippen LogP contribution is 2.63. The molecule has 0 N–H and O–H groups in total. The fraction of sp³-hybridized carbons (Fsp3) is 0.273. The fourth-order valence-corrected chi connectivity index (χ4v) is 8.62. The van der Waals surface area contributed by atoms with Crippen LogP contribution in [0.3, 0.4) is 0 Å². The molecule has 0 aromatic heterocycles. The van der Waals surface area contributed by atoms with E-state index < -0.39 is 8.53 Å². The van der Waals surface area contributed by atoms with Crippen LogP contribution in [0.15, 0.2) is 97.1 Å². The van der Waals surface area contributed by atoms with Crippen LogP contribution in [0, 0.1) is 0 Å². The maximum atomic E-state index is 7.05. The highest BCUT2D eigenvalue weighted by atomic mass is 31.2. The monoisotopic (exact) mass is 505 g/mol. The molecule has 4 heteroatoms. The van der Waals surface area contributed by atoms with Gasteiger partial charge >= 0.3 is 8.53 Å². The lowest BCUT2D eigenvalue weighted by Gasteiger charge is -2.41. The molecule has 0 fully saturated rings. The molecule has 1 heterocycles. The summed E-state index contributed by atoms with van der Waals surface area (Å²) in [7, 11) is -1.46. The van der Waals surface area contributed by atoms with Gasteiger partial charge < -0.3 is 9.05 Å². The van der Waals surface area contributed by atoms with Crippen molar-refractivity contribution in [1.29, 1.82) is 0 Å². The maximum Gasteiger partial charge on any atom is 0.385 e. The summed E-state index contributed by atoms with van der Waals surface area (Å²) in [6.45, 7) is 4.55. The average Bonchev–Trinajstić information content (AvgIpc) is 3.51. The molecule has 3 nitrogen and oxygen atoms in total. The Hall–Kier alpha value is -3.13. The summed E-state index contributed by atoms with van der Waals surface area (Å²) < 4.78 is 16.6. The van der Waals surface area contributed by atoms with Crippen LogP contribution >= 0.6 is 8.53 Å². The maximum absolute atomic E-state index is 7.05. The Morgan fingerprint density at radius 2 is 1.08 bits per heavy atom. The largest absolute Gasteiger partial charge is 0.427 e. The van der Waals surface area contributed by atoms with E-state index in [1.165, 1.54) is 33.4 Å². The van der Waals surface area contributed by atoms with E-state index in [-0.39, 0.29) is 17.5 Å². The first-order chi connectivity index (χ1) is 18.2. The predicted octanol–water partition coefficient (Wildman–Crippen LogP) is 8.69. The summed E-state index contributed by atoms with van der Waals surface area (Å²) in [5, 5.41) is 0. The van der Waals surface area contributed by atoms with E-state index in [2.05, 4.69) is 116 Å². The van der Waals surface area contributed by atoms with Crippen molar-refractivity contribution in [3.05, 3.63) is 130 Å². The second kappa shape index (κ2) is 9.01. The first-order valence-electron chi connectivity index (χ1n) is 13.4. The Kier molecular flexibility index (Phi) is 5.61. The predicted molar refractivity (Wildman–Crippen MR) is 150 cm³/mol. The Labute approximate surface area is 221 Å². The summed E-state index contributed by atoms with van der Waals surface area (Å²) in [5.41, 5.74) is 8.24. The van der Waals surface area contributed by atoms with Crippen molar-refractivity contribution in [2.45, 2.75) is 57.0 Å². The zero-order valence-corrected chi connectivity index (χ0v) is 22.3. The second-order valence-electron chi connectivity index (χ2n) is 10.6. The van der Waals surface area contributed by atoms with Gasteiger partial charge in [0, 0.05) is 28.6 Å². The van der Waals surface area contributed by atoms with E-state index in [0.29, 0.717) is 0 Å². The van der Waals surface area contributed by atoms with Gasteiger partial charge in [0.2, 0.25) is 0 Å². The van der Waals surface area contributed by atoms with Crippen molar-refractivity contribution in [3.8, 4) is 11.5 Å². The molecule has 0 radical (unpaired) electrons. The van der Waals surface area contributed by atoms with Gasteiger partial charge in [-0.2, -0.15) is 0 Å². The molecule has 0 saturated carbocycles. The molecular weight excluding hydrogens is 473 g/mol. The quantitative estimate of drug-likeness (QED) is 0.253. The third kappa shape index (κ3) is 3.63. The first-order valence-corrected chi connectivity index (χ1v) is 14.6. The molecule has 37 heavy (non-hydrogen) atoms. The van der Waals surface area contributed by atoms with Crippen LogP contribution in [0.1, 0.15) is 72.2 Å². The van der Waals surface area contributed by atoms with Crippen molar-refractivity contribution >= 4 is 8.53 Å². The van der Waals surface area contributed by atoms with Crippen molar-refractivity contribution in [3.63, 3.8) is 0 Å². The molecular formula is C33H32NO2P. The molecule has 0 bridgehead atoms.